The first-order valence-corrected chi connectivity index (χ1v) is 14.5. The number of unbranched alkanes of at least 4 members (excludes halogenated alkanes) is 4. The average molecular weight is 382 g/mol. The van der Waals surface area contributed by atoms with Crippen molar-refractivity contribution in [3.8, 4) is 0 Å². The van der Waals surface area contributed by atoms with Gasteiger partial charge in [-0.2, -0.15) is 0 Å². The van der Waals surface area contributed by atoms with Gasteiger partial charge in [-0.25, -0.2) is 0 Å². The molecular weight excluding hydrogens is 334 g/mol. The van der Waals surface area contributed by atoms with Gasteiger partial charge in [0, 0.05) is 24.7 Å². The van der Waals surface area contributed by atoms with E-state index in [2.05, 4.69) is 45.7 Å². The summed E-state index contributed by atoms with van der Waals surface area (Å²) in [7, 11) is -1.53. The Labute approximate surface area is 165 Å². The highest BCUT2D eigenvalue weighted by atomic mass is 28.4. The van der Waals surface area contributed by atoms with Gasteiger partial charge in [0.05, 0.1) is 0 Å². The molecule has 0 unspecified atom stereocenters. The molecule has 26 heavy (non-hydrogen) atoms. The molecule has 0 aromatic rings. The second-order valence-corrected chi connectivity index (χ2v) is 15.4. The van der Waals surface area contributed by atoms with E-state index in [1.54, 1.807) is 0 Å². The molecule has 0 aromatic carbocycles. The van der Waals surface area contributed by atoms with Gasteiger partial charge in [-0.15, -0.1) is 0 Å². The molecule has 2 aliphatic rings. The van der Waals surface area contributed by atoms with Crippen LogP contribution in [0.15, 0.2) is 0 Å². The van der Waals surface area contributed by atoms with Crippen LogP contribution in [-0.4, -0.2) is 37.9 Å². The summed E-state index contributed by atoms with van der Waals surface area (Å²) in [4.78, 5) is 2.93. The Balaban J connectivity index is 1.54. The zero-order valence-electron chi connectivity index (χ0n) is 18.8. The van der Waals surface area contributed by atoms with E-state index in [1.807, 2.05) is 0 Å². The smallest absolute Gasteiger partial charge is 0.191 e. The summed E-state index contributed by atoms with van der Waals surface area (Å²) in [5, 5.41) is 0.344. The minimum Gasteiger partial charge on any atom is -0.417 e. The molecule has 0 saturated carbocycles. The van der Waals surface area contributed by atoms with Gasteiger partial charge in [0.15, 0.2) is 8.32 Å². The van der Waals surface area contributed by atoms with Gasteiger partial charge in [-0.05, 0) is 63.6 Å². The summed E-state index contributed by atoms with van der Waals surface area (Å²) in [6.45, 7) is 15.2. The van der Waals surface area contributed by atoms with Gasteiger partial charge in [-0.3, -0.25) is 4.90 Å². The Bertz CT molecular complexity index is 404. The summed E-state index contributed by atoms with van der Waals surface area (Å²) in [5.74, 6) is 0. The maximum atomic E-state index is 6.30. The van der Waals surface area contributed by atoms with Crippen molar-refractivity contribution in [1.29, 1.82) is 0 Å². The summed E-state index contributed by atoms with van der Waals surface area (Å²) in [5.41, 5.74) is 0. The monoisotopic (exact) mass is 381 g/mol. The van der Waals surface area contributed by atoms with E-state index >= 15 is 0 Å². The van der Waals surface area contributed by atoms with Crippen LogP contribution in [0.3, 0.4) is 0 Å². The maximum Gasteiger partial charge on any atom is 0.191 e. The van der Waals surface area contributed by atoms with Crippen LogP contribution in [-0.2, 0) is 4.43 Å². The second-order valence-electron chi connectivity index (χ2n) is 10.6. The number of rotatable bonds is 9. The molecule has 0 bridgehead atoms. The molecule has 2 heterocycles. The molecule has 0 radical (unpaired) electrons. The molecule has 2 nitrogen and oxygen atoms in total. The fourth-order valence-corrected chi connectivity index (χ4v) is 5.90. The third kappa shape index (κ3) is 6.34. The van der Waals surface area contributed by atoms with Crippen LogP contribution >= 0.6 is 0 Å². The first kappa shape index (κ1) is 22.4. The fourth-order valence-electron chi connectivity index (χ4n) is 4.81. The van der Waals surface area contributed by atoms with Gasteiger partial charge < -0.3 is 4.43 Å². The normalized spacial score (nSPS) is 28.2. The highest BCUT2D eigenvalue weighted by Gasteiger charge is 2.37. The SMILES string of the molecule is C[C@H]1CCCC[C@@H]2CC[C@@H](CCCCCCCO[Si](C)(C)C(C)(C)C)N21. The topological polar surface area (TPSA) is 12.5 Å². The highest BCUT2D eigenvalue weighted by molar-refractivity contribution is 6.74. The molecule has 3 heteroatoms. The van der Waals surface area contributed by atoms with Gasteiger partial charge >= 0.3 is 0 Å². The van der Waals surface area contributed by atoms with Crippen molar-refractivity contribution in [1.82, 2.24) is 4.90 Å². The molecular formula is C23H47NOSi. The third-order valence-electron chi connectivity index (χ3n) is 7.55. The molecule has 2 saturated heterocycles. The lowest BCUT2D eigenvalue weighted by Crippen LogP contribution is -2.41. The zero-order chi connectivity index (χ0) is 19.2. The summed E-state index contributed by atoms with van der Waals surface area (Å²) < 4.78 is 6.30. The van der Waals surface area contributed by atoms with E-state index in [1.165, 1.54) is 77.0 Å². The number of hydrogen-bond acceptors (Lipinski definition) is 2. The molecule has 154 valence electrons. The van der Waals surface area contributed by atoms with Crippen LogP contribution in [0.1, 0.15) is 105 Å². The maximum absolute atomic E-state index is 6.30. The molecule has 0 aliphatic carbocycles. The van der Waals surface area contributed by atoms with Crippen molar-refractivity contribution < 1.29 is 4.43 Å². The van der Waals surface area contributed by atoms with Crippen LogP contribution in [0.5, 0.6) is 0 Å². The fraction of sp³-hybridized carbons (Fsp3) is 1.00. The quantitative estimate of drug-likeness (QED) is 0.311. The Morgan fingerprint density at radius 3 is 2.27 bits per heavy atom. The lowest BCUT2D eigenvalue weighted by molar-refractivity contribution is 0.132. The minimum atomic E-state index is -1.53. The van der Waals surface area contributed by atoms with Crippen LogP contribution in [0.2, 0.25) is 18.1 Å². The van der Waals surface area contributed by atoms with Crippen LogP contribution < -0.4 is 0 Å². The average Bonchev–Trinajstić information content (AvgIpc) is 2.86. The first-order chi connectivity index (χ1) is 12.2. The summed E-state index contributed by atoms with van der Waals surface area (Å²) >= 11 is 0. The Morgan fingerprint density at radius 1 is 0.885 bits per heavy atom. The Morgan fingerprint density at radius 2 is 1.54 bits per heavy atom. The minimum absolute atomic E-state index is 0.344. The summed E-state index contributed by atoms with van der Waals surface area (Å²) in [6, 6.07) is 2.66. The number of hydrogen-bond donors (Lipinski definition) is 0. The zero-order valence-corrected chi connectivity index (χ0v) is 19.8. The van der Waals surface area contributed by atoms with Crippen molar-refractivity contribution in [2.75, 3.05) is 6.61 Å². The highest BCUT2D eigenvalue weighted by Crippen LogP contribution is 2.37. The lowest BCUT2D eigenvalue weighted by atomic mass is 10.0. The molecule has 2 fully saturated rings. The van der Waals surface area contributed by atoms with E-state index < -0.39 is 8.32 Å². The van der Waals surface area contributed by atoms with E-state index in [-0.39, 0.29) is 0 Å². The van der Waals surface area contributed by atoms with Crippen molar-refractivity contribution in [2.45, 2.75) is 141 Å². The van der Waals surface area contributed by atoms with Crippen LogP contribution in [0, 0.1) is 0 Å². The Hall–Kier alpha value is 0.137. The molecule has 3 atom stereocenters. The van der Waals surface area contributed by atoms with Gasteiger partial charge in [0.1, 0.15) is 0 Å². The van der Waals surface area contributed by atoms with E-state index in [0.29, 0.717) is 5.04 Å². The van der Waals surface area contributed by atoms with E-state index in [0.717, 1.165) is 24.7 Å². The Kier molecular flexibility index (Phi) is 8.68. The van der Waals surface area contributed by atoms with Crippen molar-refractivity contribution in [3.63, 3.8) is 0 Å². The van der Waals surface area contributed by atoms with Gasteiger partial charge in [-0.1, -0.05) is 59.3 Å². The number of fused-ring (bicyclic) bond motifs is 1. The largest absolute Gasteiger partial charge is 0.417 e. The summed E-state index contributed by atoms with van der Waals surface area (Å²) in [6.07, 6.45) is 17.1. The molecule has 0 spiro atoms. The van der Waals surface area contributed by atoms with E-state index in [9.17, 15) is 0 Å². The van der Waals surface area contributed by atoms with Gasteiger partial charge in [0.25, 0.3) is 0 Å². The molecule has 0 aromatic heterocycles. The second kappa shape index (κ2) is 10.1. The molecule has 0 amide bonds. The first-order valence-electron chi connectivity index (χ1n) is 11.6. The molecule has 2 aliphatic heterocycles. The predicted molar refractivity (Wildman–Crippen MR) is 117 cm³/mol. The van der Waals surface area contributed by atoms with E-state index in [4.69, 9.17) is 4.43 Å². The van der Waals surface area contributed by atoms with Crippen LogP contribution in [0.4, 0.5) is 0 Å². The molecule has 2 rings (SSSR count). The van der Waals surface area contributed by atoms with Crippen molar-refractivity contribution in [3.05, 3.63) is 0 Å². The van der Waals surface area contributed by atoms with Crippen LogP contribution in [0.25, 0.3) is 0 Å². The van der Waals surface area contributed by atoms with Crippen molar-refractivity contribution in [2.24, 2.45) is 0 Å². The predicted octanol–water partition coefficient (Wildman–Crippen LogP) is 7.14. The number of nitrogens with zero attached hydrogens (tertiary/aromatic N) is 1. The standard InChI is InChI=1S/C23H47NOSi/c1-20-14-11-12-16-22-18-17-21(24(20)22)15-10-8-7-9-13-19-25-26(5,6)23(2,3)4/h20-22H,7-19H2,1-6H3/t20-,21+,22+/m0/s1. The third-order valence-corrected chi connectivity index (χ3v) is 12.1. The molecule has 0 N–H and O–H groups in total. The lowest BCUT2D eigenvalue weighted by Gasteiger charge is -2.36. The van der Waals surface area contributed by atoms with Gasteiger partial charge in [0.2, 0.25) is 0 Å². The van der Waals surface area contributed by atoms with Crippen molar-refractivity contribution >= 4 is 8.32 Å².